The van der Waals surface area contributed by atoms with E-state index in [1.54, 1.807) is 11.0 Å². The van der Waals surface area contributed by atoms with Crippen molar-refractivity contribution in [3.63, 3.8) is 0 Å². The van der Waals surface area contributed by atoms with Crippen LogP contribution in [0.25, 0.3) is 16.5 Å². The van der Waals surface area contributed by atoms with Gasteiger partial charge >= 0.3 is 11.9 Å². The number of rotatable bonds is 6. The molecule has 2 aliphatic heterocycles. The van der Waals surface area contributed by atoms with Crippen molar-refractivity contribution < 1.29 is 28.7 Å². The molecule has 1 aromatic heterocycles. The molecule has 9 heteroatoms. The van der Waals surface area contributed by atoms with Crippen LogP contribution in [-0.2, 0) is 25.6 Å². The molecule has 9 nitrogen and oxygen atoms in total. The van der Waals surface area contributed by atoms with Gasteiger partial charge in [0.1, 0.15) is 23.7 Å². The number of carbonyl (C=O) groups is 4. The van der Waals surface area contributed by atoms with Gasteiger partial charge in [-0.05, 0) is 54.7 Å². The average molecular weight is 502 g/mol. The maximum absolute atomic E-state index is 13.8. The smallest absolute Gasteiger partial charge is 0.308 e. The molecule has 1 fully saturated rings. The number of aromatic amines is 1. The Balaban J connectivity index is 1.51. The molecule has 3 heterocycles. The normalized spacial score (nSPS) is 15.7. The Morgan fingerprint density at radius 3 is 2.59 bits per heavy atom. The second-order valence-corrected chi connectivity index (χ2v) is 9.16. The van der Waals surface area contributed by atoms with Crippen LogP contribution in [0, 0.1) is 0 Å². The molecule has 37 heavy (non-hydrogen) atoms. The molecule has 0 saturated carbocycles. The van der Waals surface area contributed by atoms with Crippen molar-refractivity contribution in [2.45, 2.75) is 33.1 Å². The molecule has 0 bridgehead atoms. The van der Waals surface area contributed by atoms with E-state index in [0.29, 0.717) is 43.5 Å². The van der Waals surface area contributed by atoms with Crippen molar-refractivity contribution in [3.05, 3.63) is 65.5 Å². The summed E-state index contributed by atoms with van der Waals surface area (Å²) in [6.45, 7) is 3.39. The van der Waals surface area contributed by atoms with Gasteiger partial charge in [0, 0.05) is 49.6 Å². The Kier molecular flexibility index (Phi) is 6.52. The first-order valence-corrected chi connectivity index (χ1v) is 12.2. The van der Waals surface area contributed by atoms with Crippen LogP contribution in [0.1, 0.15) is 37.8 Å². The van der Waals surface area contributed by atoms with E-state index < -0.39 is 11.9 Å². The summed E-state index contributed by atoms with van der Waals surface area (Å²) in [5, 5.41) is 1.09. The van der Waals surface area contributed by atoms with E-state index in [1.165, 1.54) is 30.9 Å². The topological polar surface area (TPSA) is 109 Å². The van der Waals surface area contributed by atoms with E-state index in [-0.39, 0.29) is 35.6 Å². The van der Waals surface area contributed by atoms with Crippen LogP contribution in [-0.4, -0.2) is 58.2 Å². The average Bonchev–Trinajstić information content (AvgIpc) is 3.28. The first kappa shape index (κ1) is 24.3. The maximum atomic E-state index is 13.8. The molecular formula is C28H27N3O6. The molecule has 0 spiro atoms. The largest absolute Gasteiger partial charge is 0.427 e. The molecule has 1 saturated heterocycles. The fourth-order valence-electron chi connectivity index (χ4n) is 5.03. The highest BCUT2D eigenvalue weighted by Gasteiger charge is 2.39. The Bertz CT molecular complexity index is 1450. The number of allylic oxidation sites excluding steroid dienone is 1. The number of esters is 2. The van der Waals surface area contributed by atoms with Crippen LogP contribution in [0.4, 0.5) is 0 Å². The number of nitrogens with one attached hydrogen (secondary N) is 1. The summed E-state index contributed by atoms with van der Waals surface area (Å²) in [6, 6.07) is 12.6. The van der Waals surface area contributed by atoms with Gasteiger partial charge < -0.3 is 24.3 Å². The number of ether oxygens (including phenoxy) is 2. The summed E-state index contributed by atoms with van der Waals surface area (Å²) in [7, 11) is 0. The van der Waals surface area contributed by atoms with Crippen LogP contribution in [0.3, 0.4) is 0 Å². The van der Waals surface area contributed by atoms with Crippen LogP contribution in [0.2, 0.25) is 0 Å². The van der Waals surface area contributed by atoms with Crippen LogP contribution in [0.5, 0.6) is 11.5 Å². The highest BCUT2D eigenvalue weighted by molar-refractivity contribution is 6.09. The lowest BCUT2D eigenvalue weighted by Crippen LogP contribution is -2.54. The SMILES string of the molecule is CC(=O)Oc1ccc(OC(C)=O)c(C2=C3C(=O)N(CCc4c[nH]c5ccccc45)CC(=O)N3CCC2)c1. The minimum Gasteiger partial charge on any atom is -0.427 e. The third-order valence-electron chi connectivity index (χ3n) is 6.60. The third kappa shape index (κ3) is 4.84. The Morgan fingerprint density at radius 1 is 1.03 bits per heavy atom. The lowest BCUT2D eigenvalue weighted by atomic mass is 9.92. The minimum atomic E-state index is -0.522. The van der Waals surface area contributed by atoms with Gasteiger partial charge in [-0.2, -0.15) is 0 Å². The third-order valence-corrected chi connectivity index (χ3v) is 6.60. The van der Waals surface area contributed by atoms with E-state index in [1.807, 2.05) is 30.5 Å². The van der Waals surface area contributed by atoms with Crippen molar-refractivity contribution >= 4 is 40.2 Å². The molecule has 2 aliphatic rings. The lowest BCUT2D eigenvalue weighted by molar-refractivity contribution is -0.145. The summed E-state index contributed by atoms with van der Waals surface area (Å²) in [4.78, 5) is 56.6. The summed E-state index contributed by atoms with van der Waals surface area (Å²) in [6.07, 6.45) is 3.67. The summed E-state index contributed by atoms with van der Waals surface area (Å²) < 4.78 is 10.7. The number of benzene rings is 2. The first-order valence-electron chi connectivity index (χ1n) is 12.2. The van der Waals surface area contributed by atoms with Gasteiger partial charge in [-0.15, -0.1) is 0 Å². The second-order valence-electron chi connectivity index (χ2n) is 9.16. The first-order chi connectivity index (χ1) is 17.8. The Labute approximate surface area is 213 Å². The summed E-state index contributed by atoms with van der Waals surface area (Å²) >= 11 is 0. The van der Waals surface area contributed by atoms with Gasteiger partial charge in [0.2, 0.25) is 5.91 Å². The van der Waals surface area contributed by atoms with E-state index in [2.05, 4.69) is 4.98 Å². The highest BCUT2D eigenvalue weighted by Crippen LogP contribution is 2.39. The number of H-pyrrole nitrogens is 1. The van der Waals surface area contributed by atoms with Crippen molar-refractivity contribution in [2.24, 2.45) is 0 Å². The molecule has 0 aliphatic carbocycles. The standard InChI is InChI=1S/C28H27N3O6/c1-17(32)36-20-9-10-25(37-18(2)33)23(14-20)22-7-5-12-31-26(34)16-30(28(35)27(22)31)13-11-19-15-29-24-8-4-3-6-21(19)24/h3-4,6,8-10,14-15,29H,5,7,11-13,16H2,1-2H3. The molecule has 2 amide bonds. The molecule has 190 valence electrons. The summed E-state index contributed by atoms with van der Waals surface area (Å²) in [5.74, 6) is -0.928. The maximum Gasteiger partial charge on any atom is 0.308 e. The number of para-hydroxylation sites is 1. The molecule has 0 radical (unpaired) electrons. The predicted molar refractivity (Wildman–Crippen MR) is 136 cm³/mol. The fourth-order valence-corrected chi connectivity index (χ4v) is 5.03. The number of piperazine rings is 1. The minimum absolute atomic E-state index is 0.00224. The van der Waals surface area contributed by atoms with E-state index in [4.69, 9.17) is 9.47 Å². The van der Waals surface area contributed by atoms with Crippen LogP contribution < -0.4 is 9.47 Å². The zero-order valence-electron chi connectivity index (χ0n) is 20.7. The molecule has 3 aromatic rings. The zero-order valence-corrected chi connectivity index (χ0v) is 20.7. The quantitative estimate of drug-likeness (QED) is 0.410. The van der Waals surface area contributed by atoms with Crippen LogP contribution in [0.15, 0.2) is 54.4 Å². The Morgan fingerprint density at radius 2 is 1.81 bits per heavy atom. The molecule has 5 rings (SSSR count). The number of hydrogen-bond acceptors (Lipinski definition) is 6. The highest BCUT2D eigenvalue weighted by atomic mass is 16.5. The molecule has 0 atom stereocenters. The van der Waals surface area contributed by atoms with Gasteiger partial charge in [0.05, 0.1) is 0 Å². The zero-order chi connectivity index (χ0) is 26.1. The van der Waals surface area contributed by atoms with Gasteiger partial charge in [-0.1, -0.05) is 18.2 Å². The second kappa shape index (κ2) is 9.93. The van der Waals surface area contributed by atoms with Crippen LogP contribution >= 0.6 is 0 Å². The number of aromatic nitrogens is 1. The number of nitrogens with zero attached hydrogens (tertiary/aromatic N) is 2. The fraction of sp³-hybridized carbons (Fsp3) is 0.286. The number of carbonyl (C=O) groups excluding carboxylic acids is 4. The monoisotopic (exact) mass is 501 g/mol. The molecular weight excluding hydrogens is 474 g/mol. The lowest BCUT2D eigenvalue weighted by Gasteiger charge is -2.39. The Hall–Kier alpha value is -4.40. The number of fused-ring (bicyclic) bond motifs is 2. The van der Waals surface area contributed by atoms with E-state index in [0.717, 1.165) is 16.5 Å². The molecule has 1 N–H and O–H groups in total. The molecule has 2 aromatic carbocycles. The molecule has 0 unspecified atom stereocenters. The van der Waals surface area contributed by atoms with Crippen molar-refractivity contribution in [3.8, 4) is 11.5 Å². The number of hydrogen-bond donors (Lipinski definition) is 1. The van der Waals surface area contributed by atoms with Gasteiger partial charge in [0.15, 0.2) is 0 Å². The number of amides is 2. The summed E-state index contributed by atoms with van der Waals surface area (Å²) in [5.41, 5.74) is 3.42. The predicted octanol–water partition coefficient (Wildman–Crippen LogP) is 3.44. The van der Waals surface area contributed by atoms with Crippen molar-refractivity contribution in [1.82, 2.24) is 14.8 Å². The van der Waals surface area contributed by atoms with Gasteiger partial charge in [-0.25, -0.2) is 0 Å². The van der Waals surface area contributed by atoms with Crippen molar-refractivity contribution in [2.75, 3.05) is 19.6 Å². The van der Waals surface area contributed by atoms with E-state index >= 15 is 0 Å². The van der Waals surface area contributed by atoms with Gasteiger partial charge in [-0.3, -0.25) is 19.2 Å². The van der Waals surface area contributed by atoms with Crippen molar-refractivity contribution in [1.29, 1.82) is 0 Å². The van der Waals surface area contributed by atoms with Gasteiger partial charge in [0.25, 0.3) is 5.91 Å². The van der Waals surface area contributed by atoms with E-state index in [9.17, 15) is 19.2 Å².